The first-order chi connectivity index (χ1) is 14.2. The molecule has 0 spiro atoms. The third kappa shape index (κ3) is 7.59. The average Bonchev–Trinajstić information content (AvgIpc) is 3.01. The smallest absolute Gasteiger partial charge is 0.217 e. The van der Waals surface area contributed by atoms with Crippen molar-refractivity contribution in [2.24, 2.45) is 16.6 Å². The number of guanidine groups is 1. The minimum absolute atomic E-state index is 0. The van der Waals surface area contributed by atoms with E-state index in [1.807, 2.05) is 6.20 Å². The summed E-state index contributed by atoms with van der Waals surface area (Å²) in [4.78, 5) is 25.5. The summed E-state index contributed by atoms with van der Waals surface area (Å²) in [6.45, 7) is 7.52. The zero-order valence-corrected chi connectivity index (χ0v) is 20.5. The lowest BCUT2D eigenvalue weighted by Crippen LogP contribution is -2.47. The molecule has 168 valence electrons. The number of aromatic nitrogens is 1. The molecule has 3 rings (SSSR count). The Morgan fingerprint density at radius 2 is 1.97 bits per heavy atom. The summed E-state index contributed by atoms with van der Waals surface area (Å²) < 4.78 is 0. The van der Waals surface area contributed by atoms with Crippen LogP contribution in [-0.4, -0.2) is 54.5 Å². The molecule has 2 aliphatic heterocycles. The molecule has 1 unspecified atom stereocenters. The number of anilines is 1. The maximum atomic E-state index is 11.3. The van der Waals surface area contributed by atoms with Crippen molar-refractivity contribution in [3.05, 3.63) is 23.9 Å². The third-order valence-corrected chi connectivity index (χ3v) is 5.79. The molecule has 0 radical (unpaired) electrons. The Hall–Kier alpha value is -1.58. The number of halogens is 1. The molecule has 30 heavy (non-hydrogen) atoms. The van der Waals surface area contributed by atoms with E-state index in [1.54, 1.807) is 0 Å². The molecule has 1 aromatic rings. The number of carbonyl (C=O) groups is 1. The molecule has 2 saturated heterocycles. The lowest BCUT2D eigenvalue weighted by molar-refractivity contribution is -0.119. The SMILES string of the molecule is CCNC(=NCc1ccc(N2CCCCCC2)nc1)N1CCCC(CC(N)=O)C1.I. The number of aliphatic imine (C=N–C) groups is 1. The van der Waals surface area contributed by atoms with Gasteiger partial charge in [0.15, 0.2) is 5.96 Å². The predicted molar refractivity (Wildman–Crippen MR) is 133 cm³/mol. The minimum atomic E-state index is -0.214. The fraction of sp³-hybridized carbons (Fsp3) is 0.682. The van der Waals surface area contributed by atoms with E-state index in [-0.39, 0.29) is 29.9 Å². The Balaban J connectivity index is 0.00000320. The first kappa shape index (κ1) is 24.7. The summed E-state index contributed by atoms with van der Waals surface area (Å²) in [6.07, 6.45) is 9.70. The van der Waals surface area contributed by atoms with E-state index < -0.39 is 0 Å². The van der Waals surface area contributed by atoms with E-state index in [4.69, 9.17) is 15.7 Å². The van der Waals surface area contributed by atoms with Crippen molar-refractivity contribution in [3.63, 3.8) is 0 Å². The number of rotatable bonds is 6. The van der Waals surface area contributed by atoms with Gasteiger partial charge in [0, 0.05) is 45.3 Å². The molecular formula is C22H37IN6O. The summed E-state index contributed by atoms with van der Waals surface area (Å²) in [5, 5.41) is 3.40. The van der Waals surface area contributed by atoms with Gasteiger partial charge in [0.05, 0.1) is 6.54 Å². The molecule has 7 nitrogen and oxygen atoms in total. The van der Waals surface area contributed by atoms with Crippen LogP contribution in [0.1, 0.15) is 57.4 Å². The molecule has 0 saturated carbocycles. The first-order valence-corrected chi connectivity index (χ1v) is 11.2. The summed E-state index contributed by atoms with van der Waals surface area (Å²) >= 11 is 0. The molecule has 3 N–H and O–H groups in total. The zero-order valence-electron chi connectivity index (χ0n) is 18.2. The first-order valence-electron chi connectivity index (χ1n) is 11.2. The summed E-state index contributed by atoms with van der Waals surface area (Å²) in [5.74, 6) is 2.10. The monoisotopic (exact) mass is 528 g/mol. The number of piperidine rings is 1. The standard InChI is InChI=1S/C22H36N6O.HI/c1-2-24-22(28-13-7-8-18(17-28)14-20(23)29)26-16-19-9-10-21(25-15-19)27-11-5-3-4-6-12-27;/h9-10,15,18H,2-8,11-14,16-17H2,1H3,(H2,23,29)(H,24,26);1H. The second-order valence-electron chi connectivity index (χ2n) is 8.22. The maximum absolute atomic E-state index is 11.3. The van der Waals surface area contributed by atoms with Crippen molar-refractivity contribution in [3.8, 4) is 0 Å². The highest BCUT2D eigenvalue weighted by molar-refractivity contribution is 14.0. The fourth-order valence-electron chi connectivity index (χ4n) is 4.30. The molecule has 1 aromatic heterocycles. The quantitative estimate of drug-likeness (QED) is 0.337. The van der Waals surface area contributed by atoms with Gasteiger partial charge in [-0.15, -0.1) is 24.0 Å². The van der Waals surface area contributed by atoms with Crippen LogP contribution in [0.15, 0.2) is 23.3 Å². The molecule has 2 fully saturated rings. The van der Waals surface area contributed by atoms with Crippen LogP contribution in [0, 0.1) is 5.92 Å². The van der Waals surface area contributed by atoms with Crippen LogP contribution in [0.2, 0.25) is 0 Å². The average molecular weight is 528 g/mol. The largest absolute Gasteiger partial charge is 0.370 e. The second kappa shape index (κ2) is 13.0. The predicted octanol–water partition coefficient (Wildman–Crippen LogP) is 3.13. The van der Waals surface area contributed by atoms with Gasteiger partial charge in [-0.05, 0) is 50.2 Å². The van der Waals surface area contributed by atoms with Gasteiger partial charge < -0.3 is 20.9 Å². The van der Waals surface area contributed by atoms with Gasteiger partial charge in [0.1, 0.15) is 5.82 Å². The highest BCUT2D eigenvalue weighted by Gasteiger charge is 2.23. The van der Waals surface area contributed by atoms with E-state index >= 15 is 0 Å². The number of primary amides is 1. The van der Waals surface area contributed by atoms with Crippen LogP contribution in [0.5, 0.6) is 0 Å². The van der Waals surface area contributed by atoms with Crippen molar-refractivity contribution in [2.75, 3.05) is 37.6 Å². The van der Waals surface area contributed by atoms with E-state index in [1.165, 1.54) is 25.7 Å². The highest BCUT2D eigenvalue weighted by Crippen LogP contribution is 2.20. The Morgan fingerprint density at radius 1 is 1.20 bits per heavy atom. The number of nitrogens with zero attached hydrogens (tertiary/aromatic N) is 4. The van der Waals surface area contributed by atoms with E-state index in [2.05, 4.69) is 34.2 Å². The Labute approximate surface area is 197 Å². The topological polar surface area (TPSA) is 86.8 Å². The van der Waals surface area contributed by atoms with Gasteiger partial charge in [-0.2, -0.15) is 0 Å². The van der Waals surface area contributed by atoms with Gasteiger partial charge in [0.2, 0.25) is 5.91 Å². The molecule has 0 bridgehead atoms. The number of likely N-dealkylation sites (tertiary alicyclic amines) is 1. The van der Waals surface area contributed by atoms with E-state index in [9.17, 15) is 4.79 Å². The van der Waals surface area contributed by atoms with Gasteiger partial charge in [0.25, 0.3) is 0 Å². The van der Waals surface area contributed by atoms with Gasteiger partial charge >= 0.3 is 0 Å². The number of nitrogens with two attached hydrogens (primary N) is 1. The van der Waals surface area contributed by atoms with Crippen molar-refractivity contribution in [1.82, 2.24) is 15.2 Å². The van der Waals surface area contributed by atoms with Gasteiger partial charge in [-0.25, -0.2) is 9.98 Å². The zero-order chi connectivity index (χ0) is 20.5. The third-order valence-electron chi connectivity index (χ3n) is 5.79. The molecule has 0 aliphatic carbocycles. The number of hydrogen-bond donors (Lipinski definition) is 2. The van der Waals surface area contributed by atoms with Gasteiger partial charge in [-0.1, -0.05) is 18.9 Å². The number of nitrogens with one attached hydrogen (secondary N) is 1. The van der Waals surface area contributed by atoms with Crippen molar-refractivity contribution < 1.29 is 4.79 Å². The normalized spacial score (nSPS) is 20.3. The molecule has 2 aliphatic rings. The van der Waals surface area contributed by atoms with E-state index in [0.717, 1.165) is 62.9 Å². The fourth-order valence-corrected chi connectivity index (χ4v) is 4.30. The molecular weight excluding hydrogens is 491 g/mol. The Morgan fingerprint density at radius 3 is 2.60 bits per heavy atom. The Kier molecular flexibility index (Phi) is 10.7. The minimum Gasteiger partial charge on any atom is -0.370 e. The van der Waals surface area contributed by atoms with E-state index in [0.29, 0.717) is 18.9 Å². The van der Waals surface area contributed by atoms with Crippen molar-refractivity contribution >= 4 is 41.7 Å². The highest BCUT2D eigenvalue weighted by atomic mass is 127. The van der Waals surface area contributed by atoms with Crippen LogP contribution in [0.25, 0.3) is 0 Å². The summed E-state index contributed by atoms with van der Waals surface area (Å²) in [5.41, 5.74) is 6.51. The number of hydrogen-bond acceptors (Lipinski definition) is 4. The Bertz CT molecular complexity index is 673. The van der Waals surface area contributed by atoms with Crippen LogP contribution in [-0.2, 0) is 11.3 Å². The summed E-state index contributed by atoms with van der Waals surface area (Å²) in [7, 11) is 0. The van der Waals surface area contributed by atoms with Crippen molar-refractivity contribution in [2.45, 2.75) is 58.4 Å². The number of pyridine rings is 1. The number of carbonyl (C=O) groups excluding carboxylic acids is 1. The van der Waals surface area contributed by atoms with Crippen LogP contribution < -0.4 is 16.0 Å². The summed E-state index contributed by atoms with van der Waals surface area (Å²) in [6, 6.07) is 4.28. The van der Waals surface area contributed by atoms with Crippen LogP contribution >= 0.6 is 24.0 Å². The molecule has 3 heterocycles. The molecule has 8 heteroatoms. The molecule has 1 amide bonds. The van der Waals surface area contributed by atoms with Crippen LogP contribution in [0.3, 0.4) is 0 Å². The second-order valence-corrected chi connectivity index (χ2v) is 8.22. The molecule has 0 aromatic carbocycles. The van der Waals surface area contributed by atoms with Gasteiger partial charge in [-0.3, -0.25) is 4.79 Å². The van der Waals surface area contributed by atoms with Crippen LogP contribution in [0.4, 0.5) is 5.82 Å². The lowest BCUT2D eigenvalue weighted by atomic mass is 9.95. The number of amides is 1. The lowest BCUT2D eigenvalue weighted by Gasteiger charge is -2.34. The molecule has 1 atom stereocenters. The maximum Gasteiger partial charge on any atom is 0.217 e. The van der Waals surface area contributed by atoms with Crippen molar-refractivity contribution in [1.29, 1.82) is 0 Å².